The Morgan fingerprint density at radius 2 is 1.69 bits per heavy atom. The first-order valence-electron chi connectivity index (χ1n) is 4.06. The number of hydrogen-bond donors (Lipinski definition) is 0. The Morgan fingerprint density at radius 1 is 1.00 bits per heavy atom. The molecule has 0 spiro atoms. The van der Waals surface area contributed by atoms with Crippen molar-refractivity contribution in [1.29, 1.82) is 0 Å². The molecule has 0 saturated carbocycles. The summed E-state index contributed by atoms with van der Waals surface area (Å²) in [6, 6.07) is 9.84. The molecule has 2 heteroatoms. The highest BCUT2D eigenvalue weighted by atomic mass is 19.1. The van der Waals surface area contributed by atoms with E-state index in [1.54, 1.807) is 24.3 Å². The summed E-state index contributed by atoms with van der Waals surface area (Å²) in [5.41, 5.74) is 0.735. The highest BCUT2D eigenvalue weighted by Gasteiger charge is 1.97. The molecule has 0 amide bonds. The van der Waals surface area contributed by atoms with Crippen LogP contribution in [0.5, 0.6) is 0 Å². The van der Waals surface area contributed by atoms with Crippen LogP contribution >= 0.6 is 0 Å². The second-order valence-electron chi connectivity index (χ2n) is 2.97. The van der Waals surface area contributed by atoms with Gasteiger partial charge in [-0.05, 0) is 34.5 Å². The van der Waals surface area contributed by atoms with Crippen molar-refractivity contribution in [1.82, 2.24) is 0 Å². The summed E-state index contributed by atoms with van der Waals surface area (Å²) < 4.78 is 12.8. The Morgan fingerprint density at radius 3 is 2.46 bits per heavy atom. The van der Waals surface area contributed by atoms with Gasteiger partial charge in [-0.15, -0.1) is 0 Å². The van der Waals surface area contributed by atoms with Gasteiger partial charge in [0.1, 0.15) is 12.4 Å². The Kier molecular flexibility index (Phi) is 1.99. The monoisotopic (exact) mass is 175 g/mol. The van der Waals surface area contributed by atoms with Crippen LogP contribution in [-0.2, 0) is 11.7 Å². The van der Waals surface area contributed by atoms with Crippen molar-refractivity contribution in [2.45, 2.75) is 6.61 Å². The van der Waals surface area contributed by atoms with Gasteiger partial charge in [-0.25, -0.2) is 9.50 Å². The maximum Gasteiger partial charge on any atom is 0.123 e. The van der Waals surface area contributed by atoms with Crippen molar-refractivity contribution < 1.29 is 9.50 Å². The third-order valence-corrected chi connectivity index (χ3v) is 2.03. The van der Waals surface area contributed by atoms with Crippen LogP contribution in [0.1, 0.15) is 5.56 Å². The van der Waals surface area contributed by atoms with Gasteiger partial charge in [-0.2, -0.15) is 0 Å². The summed E-state index contributed by atoms with van der Waals surface area (Å²) in [5.74, 6) is -0.248. The number of halogens is 1. The van der Waals surface area contributed by atoms with Crippen molar-refractivity contribution in [3.63, 3.8) is 0 Å². The first kappa shape index (κ1) is 8.20. The Hall–Kier alpha value is -1.41. The summed E-state index contributed by atoms with van der Waals surface area (Å²) in [6.07, 6.45) is 0. The molecule has 2 aromatic rings. The van der Waals surface area contributed by atoms with E-state index < -0.39 is 0 Å². The standard InChI is InChI=1S/C11H8FO/c12-11-4-3-9-5-8(7-13)1-2-10(9)6-11/h1-6H,7H2. The van der Waals surface area contributed by atoms with Gasteiger partial charge in [-0.3, -0.25) is 0 Å². The second kappa shape index (κ2) is 3.15. The molecule has 0 saturated heterocycles. The van der Waals surface area contributed by atoms with Gasteiger partial charge in [-0.1, -0.05) is 18.2 Å². The summed E-state index contributed by atoms with van der Waals surface area (Å²) in [6.45, 7) is -0.229. The predicted octanol–water partition coefficient (Wildman–Crippen LogP) is 2.91. The minimum absolute atomic E-state index is 0.229. The molecule has 0 aromatic heterocycles. The Labute approximate surface area is 75.4 Å². The highest BCUT2D eigenvalue weighted by molar-refractivity contribution is 5.83. The normalized spacial score (nSPS) is 10.6. The number of fused-ring (bicyclic) bond motifs is 1. The SMILES string of the molecule is [O]Cc1ccc2cc(F)ccc2c1. The van der Waals surface area contributed by atoms with E-state index >= 15 is 0 Å². The average Bonchev–Trinajstić information content (AvgIpc) is 2.17. The largest absolute Gasteiger partial charge is 0.232 e. The smallest absolute Gasteiger partial charge is 0.123 e. The molecule has 2 rings (SSSR count). The lowest BCUT2D eigenvalue weighted by Gasteiger charge is -1.99. The van der Waals surface area contributed by atoms with Gasteiger partial charge in [0.2, 0.25) is 0 Å². The second-order valence-corrected chi connectivity index (χ2v) is 2.97. The van der Waals surface area contributed by atoms with Crippen LogP contribution in [0.4, 0.5) is 4.39 Å². The maximum atomic E-state index is 12.8. The van der Waals surface area contributed by atoms with Crippen molar-refractivity contribution in [3.8, 4) is 0 Å². The van der Waals surface area contributed by atoms with Gasteiger partial charge in [0.05, 0.1) is 0 Å². The number of hydrogen-bond acceptors (Lipinski definition) is 0. The van der Waals surface area contributed by atoms with Gasteiger partial charge in [0, 0.05) is 0 Å². The van der Waals surface area contributed by atoms with E-state index in [0.717, 1.165) is 16.3 Å². The first-order chi connectivity index (χ1) is 6.29. The zero-order chi connectivity index (χ0) is 9.26. The van der Waals surface area contributed by atoms with Crippen LogP contribution in [0.25, 0.3) is 10.8 Å². The van der Waals surface area contributed by atoms with E-state index in [-0.39, 0.29) is 12.4 Å². The molecule has 0 heterocycles. The predicted molar refractivity (Wildman–Crippen MR) is 48.3 cm³/mol. The molecular weight excluding hydrogens is 167 g/mol. The fraction of sp³-hybridized carbons (Fsp3) is 0.0909. The fourth-order valence-electron chi connectivity index (χ4n) is 1.36. The van der Waals surface area contributed by atoms with Crippen LogP contribution in [0.15, 0.2) is 36.4 Å². The van der Waals surface area contributed by atoms with Crippen molar-refractivity contribution in [3.05, 3.63) is 47.8 Å². The topological polar surface area (TPSA) is 19.9 Å². The van der Waals surface area contributed by atoms with E-state index in [1.165, 1.54) is 12.1 Å². The molecule has 1 radical (unpaired) electrons. The highest BCUT2D eigenvalue weighted by Crippen LogP contribution is 2.17. The lowest BCUT2D eigenvalue weighted by atomic mass is 10.1. The zero-order valence-corrected chi connectivity index (χ0v) is 6.96. The molecule has 0 aliphatic rings. The molecule has 0 atom stereocenters. The Balaban J connectivity index is 2.66. The Bertz CT molecular complexity index is 437. The van der Waals surface area contributed by atoms with E-state index in [1.807, 2.05) is 0 Å². The molecule has 13 heavy (non-hydrogen) atoms. The van der Waals surface area contributed by atoms with Crippen LogP contribution in [0.2, 0.25) is 0 Å². The summed E-state index contributed by atoms with van der Waals surface area (Å²) in [7, 11) is 0. The van der Waals surface area contributed by atoms with Crippen LogP contribution in [-0.4, -0.2) is 0 Å². The van der Waals surface area contributed by atoms with Gasteiger partial charge >= 0.3 is 0 Å². The molecule has 0 unspecified atom stereocenters. The molecule has 65 valence electrons. The van der Waals surface area contributed by atoms with E-state index in [0.29, 0.717) is 0 Å². The summed E-state index contributed by atoms with van der Waals surface area (Å²) in [5, 5.41) is 12.3. The lowest BCUT2D eigenvalue weighted by Crippen LogP contribution is -1.82. The van der Waals surface area contributed by atoms with Crippen molar-refractivity contribution in [2.75, 3.05) is 0 Å². The lowest BCUT2D eigenvalue weighted by molar-refractivity contribution is 0.177. The molecule has 1 nitrogen and oxygen atoms in total. The molecule has 2 aromatic carbocycles. The molecule has 0 fully saturated rings. The maximum absolute atomic E-state index is 12.8. The third kappa shape index (κ3) is 1.53. The molecule has 0 aliphatic carbocycles. The number of rotatable bonds is 1. The third-order valence-electron chi connectivity index (χ3n) is 2.03. The quantitative estimate of drug-likeness (QED) is 0.635. The van der Waals surface area contributed by atoms with Crippen LogP contribution < -0.4 is 0 Å². The van der Waals surface area contributed by atoms with E-state index in [2.05, 4.69) is 0 Å². The minimum atomic E-state index is -0.248. The molecule has 0 N–H and O–H groups in total. The van der Waals surface area contributed by atoms with E-state index in [9.17, 15) is 9.50 Å². The van der Waals surface area contributed by atoms with E-state index in [4.69, 9.17) is 0 Å². The van der Waals surface area contributed by atoms with Gasteiger partial charge in [0.25, 0.3) is 0 Å². The summed E-state index contributed by atoms with van der Waals surface area (Å²) >= 11 is 0. The van der Waals surface area contributed by atoms with Crippen LogP contribution in [0, 0.1) is 5.82 Å². The van der Waals surface area contributed by atoms with Crippen molar-refractivity contribution >= 4 is 10.8 Å². The van der Waals surface area contributed by atoms with Gasteiger partial charge < -0.3 is 0 Å². The van der Waals surface area contributed by atoms with Crippen LogP contribution in [0.3, 0.4) is 0 Å². The minimum Gasteiger partial charge on any atom is -0.232 e. The summed E-state index contributed by atoms with van der Waals surface area (Å²) in [4.78, 5) is 0. The average molecular weight is 175 g/mol. The van der Waals surface area contributed by atoms with Gasteiger partial charge in [0.15, 0.2) is 0 Å². The first-order valence-corrected chi connectivity index (χ1v) is 4.06. The number of benzene rings is 2. The molecule has 0 bridgehead atoms. The molecule has 0 aliphatic heterocycles. The molecular formula is C11H8FO. The fourth-order valence-corrected chi connectivity index (χ4v) is 1.36. The van der Waals surface area contributed by atoms with Crippen molar-refractivity contribution in [2.24, 2.45) is 0 Å². The zero-order valence-electron chi connectivity index (χ0n) is 6.96.